The standard InChI is InChI=1S/C15H15F2NO4S2/c1-21-13-8-7-12(9-14(13)22-2)24(19,20)18-10-3-5-11(6-4-10)23-15(16)17/h3-9,15,18H,1-2H3. The molecule has 24 heavy (non-hydrogen) atoms. The van der Waals surface area contributed by atoms with Gasteiger partial charge in [-0.15, -0.1) is 0 Å². The van der Waals surface area contributed by atoms with Gasteiger partial charge in [-0.05, 0) is 36.4 Å². The molecule has 0 amide bonds. The van der Waals surface area contributed by atoms with E-state index >= 15 is 0 Å². The molecule has 0 spiro atoms. The average molecular weight is 375 g/mol. The SMILES string of the molecule is COc1ccc(S(=O)(=O)Nc2ccc(SC(F)F)cc2)cc1OC. The summed E-state index contributed by atoms with van der Waals surface area (Å²) in [5, 5.41) is 0. The molecule has 0 atom stereocenters. The summed E-state index contributed by atoms with van der Waals surface area (Å²) in [6, 6.07) is 9.88. The minimum Gasteiger partial charge on any atom is -0.493 e. The van der Waals surface area contributed by atoms with Gasteiger partial charge in [-0.2, -0.15) is 8.78 Å². The van der Waals surface area contributed by atoms with Crippen molar-refractivity contribution < 1.29 is 26.7 Å². The first-order chi connectivity index (χ1) is 11.4. The van der Waals surface area contributed by atoms with Gasteiger partial charge in [0.1, 0.15) is 0 Å². The normalized spacial score (nSPS) is 11.4. The Balaban J connectivity index is 2.22. The van der Waals surface area contributed by atoms with E-state index in [0.29, 0.717) is 22.4 Å². The first-order valence-corrected chi connectivity index (χ1v) is 9.01. The third-order valence-corrected chi connectivity index (χ3v) is 5.10. The number of halogens is 2. The predicted octanol–water partition coefficient (Wildman–Crippen LogP) is 3.82. The highest BCUT2D eigenvalue weighted by Gasteiger charge is 2.17. The second kappa shape index (κ2) is 7.71. The Labute approximate surface area is 143 Å². The maximum Gasteiger partial charge on any atom is 0.288 e. The average Bonchev–Trinajstić information content (AvgIpc) is 2.55. The Morgan fingerprint density at radius 2 is 1.62 bits per heavy atom. The van der Waals surface area contributed by atoms with E-state index in [1.54, 1.807) is 0 Å². The maximum atomic E-state index is 12.4. The molecule has 2 rings (SSSR count). The lowest BCUT2D eigenvalue weighted by atomic mass is 10.3. The highest BCUT2D eigenvalue weighted by Crippen LogP contribution is 2.31. The fourth-order valence-electron chi connectivity index (χ4n) is 1.90. The van der Waals surface area contributed by atoms with Crippen LogP contribution in [0.4, 0.5) is 14.5 Å². The van der Waals surface area contributed by atoms with E-state index in [-0.39, 0.29) is 16.3 Å². The number of hydrogen-bond acceptors (Lipinski definition) is 5. The Kier molecular flexibility index (Phi) is 5.89. The number of hydrogen-bond donors (Lipinski definition) is 1. The van der Waals surface area contributed by atoms with Crippen LogP contribution in [0.25, 0.3) is 0 Å². The van der Waals surface area contributed by atoms with Crippen molar-refractivity contribution in [1.29, 1.82) is 0 Å². The molecule has 2 aromatic rings. The summed E-state index contributed by atoms with van der Waals surface area (Å²) in [6.45, 7) is 0. The van der Waals surface area contributed by atoms with E-state index in [9.17, 15) is 17.2 Å². The van der Waals surface area contributed by atoms with E-state index < -0.39 is 15.8 Å². The van der Waals surface area contributed by atoms with Crippen molar-refractivity contribution in [3.8, 4) is 11.5 Å². The third kappa shape index (κ3) is 4.51. The van der Waals surface area contributed by atoms with Gasteiger partial charge in [0.2, 0.25) is 0 Å². The van der Waals surface area contributed by atoms with Crippen LogP contribution in [0.15, 0.2) is 52.3 Å². The van der Waals surface area contributed by atoms with Crippen LogP contribution in [0.2, 0.25) is 0 Å². The minimum absolute atomic E-state index is 0.00816. The monoisotopic (exact) mass is 375 g/mol. The van der Waals surface area contributed by atoms with E-state index in [1.807, 2.05) is 0 Å². The van der Waals surface area contributed by atoms with Crippen molar-refractivity contribution in [3.63, 3.8) is 0 Å². The molecule has 0 saturated carbocycles. The first-order valence-electron chi connectivity index (χ1n) is 6.65. The van der Waals surface area contributed by atoms with Crippen LogP contribution in [0.5, 0.6) is 11.5 Å². The summed E-state index contributed by atoms with van der Waals surface area (Å²) < 4.78 is 61.9. The largest absolute Gasteiger partial charge is 0.493 e. The van der Waals surface area contributed by atoms with Gasteiger partial charge in [-0.25, -0.2) is 8.42 Å². The number of ether oxygens (including phenoxy) is 2. The molecule has 130 valence electrons. The van der Waals surface area contributed by atoms with Crippen LogP contribution in [0, 0.1) is 0 Å². The number of methoxy groups -OCH3 is 2. The number of anilines is 1. The van der Waals surface area contributed by atoms with Gasteiger partial charge in [0.25, 0.3) is 15.8 Å². The van der Waals surface area contributed by atoms with Gasteiger partial charge in [-0.3, -0.25) is 4.72 Å². The number of benzene rings is 2. The third-order valence-electron chi connectivity index (χ3n) is 3.00. The van der Waals surface area contributed by atoms with Gasteiger partial charge in [0.15, 0.2) is 11.5 Å². The Morgan fingerprint density at radius 3 is 2.17 bits per heavy atom. The van der Waals surface area contributed by atoms with Crippen molar-refractivity contribution in [3.05, 3.63) is 42.5 Å². The van der Waals surface area contributed by atoms with E-state index in [0.717, 1.165) is 0 Å². The van der Waals surface area contributed by atoms with Crippen molar-refractivity contribution in [2.45, 2.75) is 15.5 Å². The van der Waals surface area contributed by atoms with Crippen LogP contribution in [0.1, 0.15) is 0 Å². The van der Waals surface area contributed by atoms with Crippen molar-refractivity contribution in [2.24, 2.45) is 0 Å². The van der Waals surface area contributed by atoms with Crippen LogP contribution in [-0.2, 0) is 10.0 Å². The molecule has 0 bridgehead atoms. The molecule has 2 aromatic carbocycles. The van der Waals surface area contributed by atoms with Crippen molar-refractivity contribution >= 4 is 27.5 Å². The van der Waals surface area contributed by atoms with Gasteiger partial charge in [0.05, 0.1) is 19.1 Å². The zero-order valence-electron chi connectivity index (χ0n) is 12.8. The Bertz CT molecular complexity index is 796. The fraction of sp³-hybridized carbons (Fsp3) is 0.200. The molecule has 0 aliphatic heterocycles. The first kappa shape index (κ1) is 18.3. The minimum atomic E-state index is -3.85. The van der Waals surface area contributed by atoms with Crippen molar-refractivity contribution in [1.82, 2.24) is 0 Å². The van der Waals surface area contributed by atoms with Gasteiger partial charge >= 0.3 is 0 Å². The molecule has 0 fully saturated rings. The predicted molar refractivity (Wildman–Crippen MR) is 88.7 cm³/mol. The molecule has 0 aliphatic carbocycles. The highest BCUT2D eigenvalue weighted by atomic mass is 32.2. The van der Waals surface area contributed by atoms with Gasteiger partial charge in [-0.1, -0.05) is 11.8 Å². The zero-order valence-corrected chi connectivity index (χ0v) is 14.5. The van der Waals surface area contributed by atoms with E-state index in [2.05, 4.69) is 4.72 Å². The maximum absolute atomic E-state index is 12.4. The smallest absolute Gasteiger partial charge is 0.288 e. The van der Waals surface area contributed by atoms with Gasteiger partial charge < -0.3 is 9.47 Å². The fourth-order valence-corrected chi connectivity index (χ4v) is 3.47. The molecule has 0 unspecified atom stereocenters. The lowest BCUT2D eigenvalue weighted by Crippen LogP contribution is -2.13. The molecule has 1 N–H and O–H groups in total. The Hall–Kier alpha value is -2.00. The zero-order chi connectivity index (χ0) is 17.7. The molecule has 0 aliphatic rings. The molecule has 0 aromatic heterocycles. The molecular formula is C15H15F2NO4S2. The second-order valence-electron chi connectivity index (χ2n) is 4.53. The summed E-state index contributed by atoms with van der Waals surface area (Å²) >= 11 is 0.390. The molecule has 5 nitrogen and oxygen atoms in total. The summed E-state index contributed by atoms with van der Waals surface area (Å²) in [5.41, 5.74) is 0.267. The molecule has 9 heteroatoms. The van der Waals surface area contributed by atoms with E-state index in [1.165, 1.54) is 56.7 Å². The quantitative estimate of drug-likeness (QED) is 0.746. The molecule has 0 radical (unpaired) electrons. The molecule has 0 heterocycles. The van der Waals surface area contributed by atoms with Crippen molar-refractivity contribution in [2.75, 3.05) is 18.9 Å². The Morgan fingerprint density at radius 1 is 1.00 bits per heavy atom. The summed E-state index contributed by atoms with van der Waals surface area (Å²) in [7, 11) is -0.996. The van der Waals surface area contributed by atoms with Crippen LogP contribution in [-0.4, -0.2) is 28.4 Å². The number of thioether (sulfide) groups is 1. The summed E-state index contributed by atoms with van der Waals surface area (Å²) in [6.07, 6.45) is 0. The topological polar surface area (TPSA) is 64.6 Å². The number of nitrogens with one attached hydrogen (secondary N) is 1. The molecular weight excluding hydrogens is 360 g/mol. The number of sulfonamides is 1. The van der Waals surface area contributed by atoms with Crippen LogP contribution in [0.3, 0.4) is 0 Å². The lowest BCUT2D eigenvalue weighted by molar-refractivity contribution is 0.252. The summed E-state index contributed by atoms with van der Waals surface area (Å²) in [5.74, 6) is -1.84. The second-order valence-corrected chi connectivity index (χ2v) is 7.27. The molecule has 0 saturated heterocycles. The number of alkyl halides is 2. The van der Waals surface area contributed by atoms with Crippen LogP contribution >= 0.6 is 11.8 Å². The van der Waals surface area contributed by atoms with Crippen LogP contribution < -0.4 is 14.2 Å². The van der Waals surface area contributed by atoms with Gasteiger partial charge in [0, 0.05) is 16.6 Å². The lowest BCUT2D eigenvalue weighted by Gasteiger charge is -2.12. The van der Waals surface area contributed by atoms with E-state index in [4.69, 9.17) is 9.47 Å². The number of rotatable bonds is 7. The highest BCUT2D eigenvalue weighted by molar-refractivity contribution is 7.99. The summed E-state index contributed by atoms with van der Waals surface area (Å²) in [4.78, 5) is 0.338.